The molecule has 1 aliphatic rings. The van der Waals surface area contributed by atoms with Gasteiger partial charge in [-0.25, -0.2) is 9.37 Å². The molecule has 0 saturated carbocycles. The number of hydrogen-bond donors (Lipinski definition) is 2. The first-order chi connectivity index (χ1) is 12.1. The molecule has 25 heavy (non-hydrogen) atoms. The summed E-state index contributed by atoms with van der Waals surface area (Å²) in [5.74, 6) is 0.222. The average molecular weight is 346 g/mol. The highest BCUT2D eigenvalue weighted by Crippen LogP contribution is 2.21. The van der Waals surface area contributed by atoms with Gasteiger partial charge in [0.05, 0.1) is 11.8 Å². The van der Waals surface area contributed by atoms with Gasteiger partial charge < -0.3 is 20.6 Å². The van der Waals surface area contributed by atoms with Crippen LogP contribution in [0.15, 0.2) is 35.4 Å². The van der Waals surface area contributed by atoms with Crippen LogP contribution < -0.4 is 11.5 Å². The highest BCUT2D eigenvalue weighted by Gasteiger charge is 2.27. The molecule has 0 aliphatic carbocycles. The van der Waals surface area contributed by atoms with Crippen LogP contribution in [-0.2, 0) is 4.74 Å². The summed E-state index contributed by atoms with van der Waals surface area (Å²) in [6.45, 7) is 4.68. The molecular weight excluding hydrogens is 323 g/mol. The van der Waals surface area contributed by atoms with E-state index >= 15 is 0 Å². The van der Waals surface area contributed by atoms with Crippen molar-refractivity contribution in [1.29, 1.82) is 0 Å². The molecule has 8 heteroatoms. The number of imidazole rings is 1. The highest BCUT2D eigenvalue weighted by atomic mass is 19.1. The topological polar surface area (TPSA) is 94.2 Å². The molecule has 2 aromatic heterocycles. The van der Waals surface area contributed by atoms with E-state index < -0.39 is 5.82 Å². The Balaban J connectivity index is 1.84. The molecule has 3 heterocycles. The Morgan fingerprint density at radius 3 is 2.92 bits per heavy atom. The zero-order chi connectivity index (χ0) is 18.0. The van der Waals surface area contributed by atoms with E-state index in [1.807, 2.05) is 0 Å². The van der Waals surface area contributed by atoms with Gasteiger partial charge in [-0.15, -0.1) is 0 Å². The molecule has 0 bridgehead atoms. The standard InChI is InChI=1S/C17H23FN6O/c1-3-23-5-4-11(23)10-25-14(7-19)17(21-2)12-8-24-9-15(20)22-16(24)6-13(12)18/h6-9,11H,3-5,10,19-20H2,1-2H3/b14-7+,21-17?/t11-/m1/s1. The average Bonchev–Trinajstić information content (AvgIpc) is 2.92. The van der Waals surface area contributed by atoms with Crippen molar-refractivity contribution in [2.75, 3.05) is 32.5 Å². The van der Waals surface area contributed by atoms with Crippen LogP contribution in [0.3, 0.4) is 0 Å². The number of nitrogen functional groups attached to an aromatic ring is 1. The van der Waals surface area contributed by atoms with Gasteiger partial charge in [0.15, 0.2) is 5.76 Å². The summed E-state index contributed by atoms with van der Waals surface area (Å²) in [6.07, 6.45) is 5.61. The number of allylic oxidation sites excluding steroid dienone is 1. The fourth-order valence-corrected chi connectivity index (χ4v) is 3.05. The number of nitrogens with zero attached hydrogens (tertiary/aromatic N) is 4. The Kier molecular flexibility index (Phi) is 4.89. The Labute approximate surface area is 145 Å². The van der Waals surface area contributed by atoms with Gasteiger partial charge in [0.2, 0.25) is 0 Å². The number of aromatic nitrogens is 2. The number of likely N-dealkylation sites (N-methyl/N-ethyl adjacent to an activating group) is 1. The lowest BCUT2D eigenvalue weighted by atomic mass is 10.0. The molecule has 0 spiro atoms. The van der Waals surface area contributed by atoms with Crippen molar-refractivity contribution in [2.45, 2.75) is 19.4 Å². The molecule has 134 valence electrons. The molecule has 7 nitrogen and oxygen atoms in total. The maximum atomic E-state index is 14.5. The van der Waals surface area contributed by atoms with Crippen molar-refractivity contribution in [3.05, 3.63) is 41.8 Å². The van der Waals surface area contributed by atoms with Crippen LogP contribution in [0.25, 0.3) is 5.65 Å². The van der Waals surface area contributed by atoms with Crippen LogP contribution in [0, 0.1) is 5.82 Å². The van der Waals surface area contributed by atoms with E-state index in [1.54, 1.807) is 23.8 Å². The summed E-state index contributed by atoms with van der Waals surface area (Å²) >= 11 is 0. The van der Waals surface area contributed by atoms with Crippen LogP contribution >= 0.6 is 0 Å². The highest BCUT2D eigenvalue weighted by molar-refractivity contribution is 6.11. The number of pyridine rings is 1. The fourth-order valence-electron chi connectivity index (χ4n) is 3.05. The molecule has 0 amide bonds. The summed E-state index contributed by atoms with van der Waals surface area (Å²) in [6, 6.07) is 1.68. The summed E-state index contributed by atoms with van der Waals surface area (Å²) in [5.41, 5.74) is 12.5. The monoisotopic (exact) mass is 346 g/mol. The number of fused-ring (bicyclic) bond motifs is 1. The quantitative estimate of drug-likeness (QED) is 0.609. The minimum atomic E-state index is -0.458. The van der Waals surface area contributed by atoms with Crippen molar-refractivity contribution in [2.24, 2.45) is 10.7 Å². The van der Waals surface area contributed by atoms with Gasteiger partial charge in [0, 0.05) is 38.1 Å². The molecule has 1 saturated heterocycles. The predicted octanol–water partition coefficient (Wildman–Crippen LogP) is 1.39. The summed E-state index contributed by atoms with van der Waals surface area (Å²) in [4.78, 5) is 10.6. The Bertz CT molecular complexity index is 826. The van der Waals surface area contributed by atoms with Crippen molar-refractivity contribution in [1.82, 2.24) is 14.3 Å². The van der Waals surface area contributed by atoms with Crippen LogP contribution in [0.5, 0.6) is 0 Å². The van der Waals surface area contributed by atoms with Crippen molar-refractivity contribution >= 4 is 17.2 Å². The summed E-state index contributed by atoms with van der Waals surface area (Å²) in [5, 5.41) is 0. The van der Waals surface area contributed by atoms with Gasteiger partial charge in [-0.05, 0) is 13.0 Å². The van der Waals surface area contributed by atoms with E-state index in [0.717, 1.165) is 19.5 Å². The zero-order valence-electron chi connectivity index (χ0n) is 14.4. The number of rotatable bonds is 6. The molecule has 1 atom stereocenters. The van der Waals surface area contributed by atoms with E-state index in [2.05, 4.69) is 21.8 Å². The lowest BCUT2D eigenvalue weighted by molar-refractivity contribution is 0.0367. The van der Waals surface area contributed by atoms with Gasteiger partial charge in [-0.3, -0.25) is 9.89 Å². The first-order valence-corrected chi connectivity index (χ1v) is 8.27. The zero-order valence-corrected chi connectivity index (χ0v) is 14.4. The number of likely N-dealkylation sites (tertiary alicyclic amines) is 1. The van der Waals surface area contributed by atoms with Crippen LogP contribution in [0.1, 0.15) is 18.9 Å². The minimum Gasteiger partial charge on any atom is -0.488 e. The van der Waals surface area contributed by atoms with Gasteiger partial charge in [0.25, 0.3) is 0 Å². The summed E-state index contributed by atoms with van der Waals surface area (Å²) in [7, 11) is 1.58. The molecule has 3 rings (SSSR count). The lowest BCUT2D eigenvalue weighted by Crippen LogP contribution is -2.50. The van der Waals surface area contributed by atoms with Gasteiger partial charge in [0.1, 0.15) is 29.6 Å². The maximum absolute atomic E-state index is 14.5. The number of halogens is 1. The third-order valence-electron chi connectivity index (χ3n) is 4.53. The minimum absolute atomic E-state index is 0.282. The van der Waals surface area contributed by atoms with Crippen LogP contribution in [-0.4, -0.2) is 52.8 Å². The van der Waals surface area contributed by atoms with Gasteiger partial charge in [-0.1, -0.05) is 6.92 Å². The molecule has 0 aromatic carbocycles. The van der Waals surface area contributed by atoms with Crippen molar-refractivity contribution in [3.63, 3.8) is 0 Å². The third-order valence-corrected chi connectivity index (χ3v) is 4.53. The molecule has 1 aliphatic heterocycles. The van der Waals surface area contributed by atoms with Crippen molar-refractivity contribution < 1.29 is 9.13 Å². The first kappa shape index (κ1) is 17.2. The van der Waals surface area contributed by atoms with Gasteiger partial charge in [-0.2, -0.15) is 0 Å². The largest absolute Gasteiger partial charge is 0.488 e. The van der Waals surface area contributed by atoms with Crippen LogP contribution in [0.2, 0.25) is 0 Å². The maximum Gasteiger partial charge on any atom is 0.160 e. The molecular formula is C17H23FN6O. The second-order valence-corrected chi connectivity index (χ2v) is 5.95. The molecule has 1 fully saturated rings. The second-order valence-electron chi connectivity index (χ2n) is 5.95. The normalized spacial score (nSPS) is 19.2. The number of nitrogens with two attached hydrogens (primary N) is 2. The van der Waals surface area contributed by atoms with E-state index in [-0.39, 0.29) is 5.56 Å². The Morgan fingerprint density at radius 2 is 2.32 bits per heavy atom. The molecule has 0 unspecified atom stereocenters. The second kappa shape index (κ2) is 7.10. The smallest absolute Gasteiger partial charge is 0.160 e. The van der Waals surface area contributed by atoms with E-state index in [4.69, 9.17) is 16.2 Å². The predicted molar refractivity (Wildman–Crippen MR) is 95.9 cm³/mol. The van der Waals surface area contributed by atoms with Crippen LogP contribution in [0.4, 0.5) is 10.2 Å². The molecule has 2 aromatic rings. The number of hydrogen-bond acceptors (Lipinski definition) is 6. The summed E-state index contributed by atoms with van der Waals surface area (Å²) < 4.78 is 22.1. The van der Waals surface area contributed by atoms with Gasteiger partial charge >= 0.3 is 0 Å². The third kappa shape index (κ3) is 3.30. The molecule has 0 radical (unpaired) electrons. The SMILES string of the molecule is CCN1CC[C@@H]1CO/C(=C/N)C(=NC)c1cn2cc(N)nc2cc1F. The van der Waals surface area contributed by atoms with Crippen molar-refractivity contribution in [3.8, 4) is 0 Å². The lowest BCUT2D eigenvalue weighted by Gasteiger charge is -2.40. The van der Waals surface area contributed by atoms with E-state index in [1.165, 1.54) is 12.3 Å². The number of aliphatic imine (C=N–C) groups is 1. The number of ether oxygens (including phenoxy) is 1. The van der Waals surface area contributed by atoms with E-state index in [0.29, 0.717) is 35.6 Å². The number of anilines is 1. The Hall–Kier alpha value is -2.61. The molecule has 4 N–H and O–H groups in total. The first-order valence-electron chi connectivity index (χ1n) is 8.27. The fraction of sp³-hybridized carbons (Fsp3) is 0.412. The van der Waals surface area contributed by atoms with E-state index in [9.17, 15) is 4.39 Å². The Morgan fingerprint density at radius 1 is 1.52 bits per heavy atom.